The average Bonchev–Trinajstić information content (AvgIpc) is 2.55. The standard InChI is InChI=1S/C15H23N3O4/c1-21-15-4-3-13(11-14(15)18(19)20)12-16-5-2-6-17-7-9-22-10-8-17/h3-4,11,16H,2,5-10,12H2,1H3. The van der Waals surface area contributed by atoms with Crippen LogP contribution in [-0.2, 0) is 11.3 Å². The Bertz CT molecular complexity index is 490. The fraction of sp³-hybridized carbons (Fsp3) is 0.600. The molecule has 0 radical (unpaired) electrons. The molecule has 0 spiro atoms. The third-order valence-electron chi connectivity index (χ3n) is 3.70. The Balaban J connectivity index is 1.72. The normalized spacial score (nSPS) is 15.7. The Kier molecular flexibility index (Phi) is 6.57. The van der Waals surface area contributed by atoms with E-state index in [4.69, 9.17) is 9.47 Å². The summed E-state index contributed by atoms with van der Waals surface area (Å²) >= 11 is 0. The van der Waals surface area contributed by atoms with Crippen molar-refractivity contribution in [3.05, 3.63) is 33.9 Å². The number of hydrogen-bond donors (Lipinski definition) is 1. The highest BCUT2D eigenvalue weighted by Gasteiger charge is 2.15. The second-order valence-corrected chi connectivity index (χ2v) is 5.25. The van der Waals surface area contributed by atoms with Gasteiger partial charge in [-0.25, -0.2) is 0 Å². The van der Waals surface area contributed by atoms with Crippen molar-refractivity contribution in [1.29, 1.82) is 0 Å². The molecule has 0 bridgehead atoms. The summed E-state index contributed by atoms with van der Waals surface area (Å²) in [6.45, 7) is 6.21. The van der Waals surface area contributed by atoms with Crippen LogP contribution >= 0.6 is 0 Å². The summed E-state index contributed by atoms with van der Waals surface area (Å²) < 4.78 is 10.3. The second-order valence-electron chi connectivity index (χ2n) is 5.25. The summed E-state index contributed by atoms with van der Waals surface area (Å²) in [7, 11) is 1.44. The Hall–Kier alpha value is -1.70. The molecular weight excluding hydrogens is 286 g/mol. The molecule has 0 atom stereocenters. The van der Waals surface area contributed by atoms with Gasteiger partial charge in [-0.3, -0.25) is 15.0 Å². The van der Waals surface area contributed by atoms with Gasteiger partial charge in [-0.1, -0.05) is 6.07 Å². The first-order valence-electron chi connectivity index (χ1n) is 7.53. The minimum absolute atomic E-state index is 0.00937. The number of nitrogens with zero attached hydrogens (tertiary/aromatic N) is 2. The van der Waals surface area contributed by atoms with E-state index in [1.807, 2.05) is 6.07 Å². The Morgan fingerprint density at radius 3 is 2.86 bits per heavy atom. The molecule has 1 aromatic carbocycles. The molecule has 1 aliphatic rings. The van der Waals surface area contributed by atoms with Crippen LogP contribution in [0.1, 0.15) is 12.0 Å². The monoisotopic (exact) mass is 309 g/mol. The van der Waals surface area contributed by atoms with Crippen LogP contribution in [-0.4, -0.2) is 56.3 Å². The van der Waals surface area contributed by atoms with Crippen LogP contribution in [0.5, 0.6) is 5.75 Å². The molecule has 0 aromatic heterocycles. The molecule has 2 rings (SSSR count). The van der Waals surface area contributed by atoms with Gasteiger partial charge in [0.15, 0.2) is 5.75 Å². The van der Waals surface area contributed by atoms with E-state index in [1.165, 1.54) is 7.11 Å². The predicted octanol–water partition coefficient (Wildman–Crippen LogP) is 1.42. The number of nitro benzene ring substituents is 1. The van der Waals surface area contributed by atoms with Gasteiger partial charge in [-0.2, -0.15) is 0 Å². The van der Waals surface area contributed by atoms with Gasteiger partial charge in [-0.05, 0) is 31.1 Å². The van der Waals surface area contributed by atoms with Crippen molar-refractivity contribution in [3.8, 4) is 5.75 Å². The number of nitrogens with one attached hydrogen (secondary N) is 1. The van der Waals surface area contributed by atoms with Crippen LogP contribution in [0, 0.1) is 10.1 Å². The highest BCUT2D eigenvalue weighted by molar-refractivity contribution is 5.48. The zero-order chi connectivity index (χ0) is 15.8. The zero-order valence-electron chi connectivity index (χ0n) is 12.9. The zero-order valence-corrected chi connectivity index (χ0v) is 12.9. The fourth-order valence-electron chi connectivity index (χ4n) is 2.47. The van der Waals surface area contributed by atoms with Crippen LogP contribution in [0.15, 0.2) is 18.2 Å². The number of rotatable bonds is 8. The second kappa shape index (κ2) is 8.67. The third-order valence-corrected chi connectivity index (χ3v) is 3.70. The maximum Gasteiger partial charge on any atom is 0.311 e. The van der Waals surface area contributed by atoms with Crippen LogP contribution in [0.4, 0.5) is 5.69 Å². The van der Waals surface area contributed by atoms with Crippen molar-refractivity contribution in [2.24, 2.45) is 0 Å². The minimum atomic E-state index is -0.416. The molecule has 1 fully saturated rings. The molecule has 0 unspecified atom stereocenters. The van der Waals surface area contributed by atoms with Crippen molar-refractivity contribution in [1.82, 2.24) is 10.2 Å². The maximum absolute atomic E-state index is 11.0. The van der Waals surface area contributed by atoms with E-state index in [9.17, 15) is 10.1 Å². The van der Waals surface area contributed by atoms with Gasteiger partial charge < -0.3 is 14.8 Å². The average molecular weight is 309 g/mol. The molecule has 0 amide bonds. The number of methoxy groups -OCH3 is 1. The van der Waals surface area contributed by atoms with E-state index in [0.29, 0.717) is 12.3 Å². The van der Waals surface area contributed by atoms with E-state index in [0.717, 1.165) is 51.4 Å². The number of ether oxygens (including phenoxy) is 2. The molecule has 1 aromatic rings. The molecule has 122 valence electrons. The van der Waals surface area contributed by atoms with Crippen molar-refractivity contribution >= 4 is 5.69 Å². The van der Waals surface area contributed by atoms with Gasteiger partial charge in [0.05, 0.1) is 25.2 Å². The lowest BCUT2D eigenvalue weighted by atomic mass is 10.2. The van der Waals surface area contributed by atoms with Gasteiger partial charge >= 0.3 is 5.69 Å². The van der Waals surface area contributed by atoms with E-state index in [2.05, 4.69) is 10.2 Å². The summed E-state index contributed by atoms with van der Waals surface area (Å²) in [6, 6.07) is 5.05. The third kappa shape index (κ3) is 4.94. The van der Waals surface area contributed by atoms with Crippen LogP contribution in [0.25, 0.3) is 0 Å². The SMILES string of the molecule is COc1ccc(CNCCCN2CCOCC2)cc1[N+](=O)[O-]. The van der Waals surface area contributed by atoms with Crippen molar-refractivity contribution < 1.29 is 14.4 Å². The van der Waals surface area contributed by atoms with E-state index < -0.39 is 4.92 Å². The topological polar surface area (TPSA) is 76.9 Å². The highest BCUT2D eigenvalue weighted by Crippen LogP contribution is 2.27. The summed E-state index contributed by atoms with van der Waals surface area (Å²) in [4.78, 5) is 13.0. The first-order valence-corrected chi connectivity index (χ1v) is 7.53. The van der Waals surface area contributed by atoms with Gasteiger partial charge in [0.25, 0.3) is 0 Å². The van der Waals surface area contributed by atoms with Crippen LogP contribution < -0.4 is 10.1 Å². The molecule has 1 saturated heterocycles. The molecule has 7 heteroatoms. The Morgan fingerprint density at radius 1 is 1.41 bits per heavy atom. The number of benzene rings is 1. The lowest BCUT2D eigenvalue weighted by molar-refractivity contribution is -0.385. The smallest absolute Gasteiger partial charge is 0.311 e. The van der Waals surface area contributed by atoms with Crippen molar-refractivity contribution in [2.45, 2.75) is 13.0 Å². The highest BCUT2D eigenvalue weighted by atomic mass is 16.6. The number of morpholine rings is 1. The summed E-state index contributed by atoms with van der Waals surface area (Å²) in [5.74, 6) is 0.293. The van der Waals surface area contributed by atoms with Gasteiger partial charge in [0, 0.05) is 25.7 Å². The van der Waals surface area contributed by atoms with Gasteiger partial charge in [0.1, 0.15) is 0 Å². The Labute approximate surface area is 130 Å². The van der Waals surface area contributed by atoms with E-state index in [-0.39, 0.29) is 5.69 Å². The molecule has 1 N–H and O–H groups in total. The largest absolute Gasteiger partial charge is 0.490 e. The molecule has 7 nitrogen and oxygen atoms in total. The number of nitro groups is 1. The molecular formula is C15H23N3O4. The molecule has 0 aliphatic carbocycles. The molecule has 0 saturated carbocycles. The van der Waals surface area contributed by atoms with Crippen LogP contribution in [0.2, 0.25) is 0 Å². The summed E-state index contributed by atoms with van der Waals surface area (Å²) in [5.41, 5.74) is 0.897. The van der Waals surface area contributed by atoms with E-state index >= 15 is 0 Å². The predicted molar refractivity (Wildman–Crippen MR) is 83.2 cm³/mol. The Morgan fingerprint density at radius 2 is 2.18 bits per heavy atom. The lowest BCUT2D eigenvalue weighted by Gasteiger charge is -2.26. The van der Waals surface area contributed by atoms with Gasteiger partial charge in [0.2, 0.25) is 0 Å². The first-order chi connectivity index (χ1) is 10.7. The quantitative estimate of drug-likeness (QED) is 0.444. The van der Waals surface area contributed by atoms with Gasteiger partial charge in [-0.15, -0.1) is 0 Å². The minimum Gasteiger partial charge on any atom is -0.490 e. The lowest BCUT2D eigenvalue weighted by Crippen LogP contribution is -2.37. The van der Waals surface area contributed by atoms with Crippen molar-refractivity contribution in [3.63, 3.8) is 0 Å². The first kappa shape index (κ1) is 16.7. The van der Waals surface area contributed by atoms with E-state index in [1.54, 1.807) is 12.1 Å². The molecule has 1 heterocycles. The molecule has 22 heavy (non-hydrogen) atoms. The maximum atomic E-state index is 11.0. The fourth-order valence-corrected chi connectivity index (χ4v) is 2.47. The summed E-state index contributed by atoms with van der Waals surface area (Å²) in [6.07, 6.45) is 1.05. The summed E-state index contributed by atoms with van der Waals surface area (Å²) in [5, 5.41) is 14.3. The number of hydrogen-bond acceptors (Lipinski definition) is 6. The van der Waals surface area contributed by atoms with Crippen molar-refractivity contribution in [2.75, 3.05) is 46.5 Å². The van der Waals surface area contributed by atoms with Crippen LogP contribution in [0.3, 0.4) is 0 Å². The molecule has 1 aliphatic heterocycles.